The molecule has 0 heterocycles. The predicted octanol–water partition coefficient (Wildman–Crippen LogP) is 1.33. The molecule has 6 N–H and O–H groups in total. The monoisotopic (exact) mass is 359 g/mol. The van der Waals surface area contributed by atoms with Crippen molar-refractivity contribution in [3.8, 4) is 23.0 Å². The van der Waals surface area contributed by atoms with Crippen molar-refractivity contribution in [3.05, 3.63) is 53.6 Å². The first-order valence-electron chi connectivity index (χ1n) is 7.50. The van der Waals surface area contributed by atoms with Gasteiger partial charge in [-0.2, -0.15) is 0 Å². The molecule has 0 aromatic heterocycles. The van der Waals surface area contributed by atoms with Gasteiger partial charge in [-0.15, -0.1) is 0 Å². The Morgan fingerprint density at radius 1 is 0.923 bits per heavy atom. The number of rotatable bonds is 6. The van der Waals surface area contributed by atoms with Crippen LogP contribution >= 0.6 is 0 Å². The maximum atomic E-state index is 11.9. The Hall–Kier alpha value is -3.68. The largest absolute Gasteiger partial charge is 0.504 e. The third-order valence-corrected chi connectivity index (χ3v) is 3.52. The molecule has 2 aromatic rings. The van der Waals surface area contributed by atoms with Gasteiger partial charge in [0.1, 0.15) is 6.04 Å². The lowest BCUT2D eigenvalue weighted by Gasteiger charge is -2.13. The molecule has 0 saturated carbocycles. The van der Waals surface area contributed by atoms with Crippen LogP contribution in [0.2, 0.25) is 0 Å². The van der Waals surface area contributed by atoms with Crippen LogP contribution in [-0.2, 0) is 16.0 Å². The molecule has 0 aliphatic rings. The first-order chi connectivity index (χ1) is 12.3. The summed E-state index contributed by atoms with van der Waals surface area (Å²) in [5, 5.41) is 48.9. The van der Waals surface area contributed by atoms with E-state index in [1.165, 1.54) is 42.5 Å². The molecule has 0 aliphatic heterocycles. The minimum atomic E-state index is -1.26. The van der Waals surface area contributed by atoms with Crippen LogP contribution in [0.25, 0.3) is 6.08 Å². The maximum absolute atomic E-state index is 11.9. The summed E-state index contributed by atoms with van der Waals surface area (Å²) in [6.45, 7) is 0. The fourth-order valence-corrected chi connectivity index (χ4v) is 2.17. The van der Waals surface area contributed by atoms with E-state index in [1.54, 1.807) is 0 Å². The molecule has 26 heavy (non-hydrogen) atoms. The van der Waals surface area contributed by atoms with Crippen LogP contribution in [0, 0.1) is 0 Å². The molecule has 0 bridgehead atoms. The number of carbonyl (C=O) groups is 2. The minimum absolute atomic E-state index is 0.0945. The summed E-state index contributed by atoms with van der Waals surface area (Å²) >= 11 is 0. The fraction of sp³-hybridized carbons (Fsp3) is 0.111. The zero-order valence-electron chi connectivity index (χ0n) is 13.5. The number of phenols is 4. The summed E-state index contributed by atoms with van der Waals surface area (Å²) in [7, 11) is 0. The standard InChI is InChI=1S/C18H17NO7/c20-13-4-1-10(8-15(13)22)3-6-17(24)19-12(18(25)26)7-11-2-5-14(21)16(23)9-11/h1-6,8-9,12,20-23H,7H2,(H,19,24)(H,25,26)/t12-/m0/s1. The predicted molar refractivity (Wildman–Crippen MR) is 91.8 cm³/mol. The molecule has 0 aliphatic carbocycles. The average Bonchev–Trinajstić information content (AvgIpc) is 2.58. The maximum Gasteiger partial charge on any atom is 0.326 e. The number of benzene rings is 2. The van der Waals surface area contributed by atoms with Gasteiger partial charge in [0.05, 0.1) is 0 Å². The minimum Gasteiger partial charge on any atom is -0.504 e. The molecular weight excluding hydrogens is 342 g/mol. The zero-order chi connectivity index (χ0) is 19.3. The van der Waals surface area contributed by atoms with Gasteiger partial charge in [0.25, 0.3) is 0 Å². The van der Waals surface area contributed by atoms with Crippen molar-refractivity contribution in [2.24, 2.45) is 0 Å². The molecule has 8 heteroatoms. The number of carboxylic acids is 1. The molecule has 0 saturated heterocycles. The van der Waals surface area contributed by atoms with E-state index in [1.807, 2.05) is 0 Å². The zero-order valence-corrected chi connectivity index (χ0v) is 13.5. The van der Waals surface area contributed by atoms with Crippen molar-refractivity contribution in [1.29, 1.82) is 0 Å². The summed E-state index contributed by atoms with van der Waals surface area (Å²) in [5.41, 5.74) is 0.853. The lowest BCUT2D eigenvalue weighted by Crippen LogP contribution is -2.41. The molecule has 8 nitrogen and oxygen atoms in total. The average molecular weight is 359 g/mol. The summed E-state index contributed by atoms with van der Waals surface area (Å²) in [5.74, 6) is -3.29. The topological polar surface area (TPSA) is 147 Å². The van der Waals surface area contributed by atoms with Crippen molar-refractivity contribution >= 4 is 18.0 Å². The van der Waals surface area contributed by atoms with Crippen molar-refractivity contribution in [2.45, 2.75) is 12.5 Å². The van der Waals surface area contributed by atoms with E-state index in [0.717, 1.165) is 6.08 Å². The molecule has 0 unspecified atom stereocenters. The van der Waals surface area contributed by atoms with Gasteiger partial charge in [-0.25, -0.2) is 4.79 Å². The van der Waals surface area contributed by atoms with Crippen LogP contribution in [0.1, 0.15) is 11.1 Å². The van der Waals surface area contributed by atoms with E-state index >= 15 is 0 Å². The molecule has 1 atom stereocenters. The third-order valence-electron chi connectivity index (χ3n) is 3.52. The molecule has 2 aromatic carbocycles. The number of hydrogen-bond acceptors (Lipinski definition) is 6. The van der Waals surface area contributed by atoms with Crippen molar-refractivity contribution in [2.75, 3.05) is 0 Å². The number of aliphatic carboxylic acids is 1. The van der Waals surface area contributed by atoms with E-state index in [4.69, 9.17) is 0 Å². The van der Waals surface area contributed by atoms with E-state index in [9.17, 15) is 35.1 Å². The SMILES string of the molecule is O=C(C=Cc1ccc(O)c(O)c1)N[C@@H](Cc1ccc(O)c(O)c1)C(=O)O. The van der Waals surface area contributed by atoms with Crippen LogP contribution in [0.4, 0.5) is 0 Å². The van der Waals surface area contributed by atoms with Gasteiger partial charge >= 0.3 is 5.97 Å². The lowest BCUT2D eigenvalue weighted by atomic mass is 10.1. The number of amides is 1. The van der Waals surface area contributed by atoms with Crippen molar-refractivity contribution < 1.29 is 35.1 Å². The Labute approximate surface area is 148 Å². The second-order valence-corrected chi connectivity index (χ2v) is 5.51. The van der Waals surface area contributed by atoms with Gasteiger partial charge in [0.2, 0.25) is 5.91 Å². The molecule has 2 rings (SSSR count). The second kappa shape index (κ2) is 7.93. The summed E-state index contributed by atoms with van der Waals surface area (Å²) in [4.78, 5) is 23.3. The molecule has 0 spiro atoms. The number of nitrogens with one attached hydrogen (secondary N) is 1. The Bertz CT molecular complexity index is 861. The second-order valence-electron chi connectivity index (χ2n) is 5.51. The molecule has 0 radical (unpaired) electrons. The molecule has 136 valence electrons. The number of phenolic OH excluding ortho intramolecular Hbond substituents is 4. The Morgan fingerprint density at radius 2 is 1.54 bits per heavy atom. The van der Waals surface area contributed by atoms with Gasteiger partial charge in [-0.05, 0) is 41.5 Å². The van der Waals surface area contributed by atoms with Gasteiger partial charge in [-0.3, -0.25) is 4.79 Å². The fourth-order valence-electron chi connectivity index (χ4n) is 2.17. The Balaban J connectivity index is 2.05. The van der Waals surface area contributed by atoms with Gasteiger partial charge in [-0.1, -0.05) is 12.1 Å². The smallest absolute Gasteiger partial charge is 0.326 e. The van der Waals surface area contributed by atoms with Crippen LogP contribution in [-0.4, -0.2) is 43.5 Å². The molecule has 0 fully saturated rings. The highest BCUT2D eigenvalue weighted by Gasteiger charge is 2.20. The van der Waals surface area contributed by atoms with Crippen LogP contribution < -0.4 is 5.32 Å². The van der Waals surface area contributed by atoms with Gasteiger partial charge in [0.15, 0.2) is 23.0 Å². The number of hydrogen-bond donors (Lipinski definition) is 6. The lowest BCUT2D eigenvalue weighted by molar-refractivity contribution is -0.141. The van der Waals surface area contributed by atoms with Gasteiger partial charge in [0, 0.05) is 12.5 Å². The molecule has 1 amide bonds. The normalized spacial score (nSPS) is 12.0. The van der Waals surface area contributed by atoms with Crippen molar-refractivity contribution in [3.63, 3.8) is 0 Å². The quantitative estimate of drug-likeness (QED) is 0.337. The number of carboxylic acid groups (broad SMARTS) is 1. The van der Waals surface area contributed by atoms with Crippen molar-refractivity contribution in [1.82, 2.24) is 5.32 Å². The highest BCUT2D eigenvalue weighted by Crippen LogP contribution is 2.26. The van der Waals surface area contributed by atoms with Gasteiger partial charge < -0.3 is 30.8 Å². The van der Waals surface area contributed by atoms with E-state index in [2.05, 4.69) is 5.32 Å². The van der Waals surface area contributed by atoms with E-state index < -0.39 is 17.9 Å². The first kappa shape index (κ1) is 18.7. The third kappa shape index (κ3) is 4.91. The Morgan fingerprint density at radius 3 is 2.12 bits per heavy atom. The summed E-state index contributed by atoms with van der Waals surface area (Å²) < 4.78 is 0. The first-order valence-corrected chi connectivity index (χ1v) is 7.50. The van der Waals surface area contributed by atoms with E-state index in [-0.39, 0.29) is 29.4 Å². The summed E-state index contributed by atoms with van der Waals surface area (Å²) in [6.07, 6.45) is 2.35. The van der Waals surface area contributed by atoms with Crippen LogP contribution in [0.15, 0.2) is 42.5 Å². The number of carbonyl (C=O) groups excluding carboxylic acids is 1. The van der Waals surface area contributed by atoms with Crippen LogP contribution in [0.3, 0.4) is 0 Å². The number of aromatic hydroxyl groups is 4. The molecular formula is C18H17NO7. The summed E-state index contributed by atoms with van der Waals surface area (Å²) in [6, 6.07) is 6.59. The highest BCUT2D eigenvalue weighted by atomic mass is 16.4. The van der Waals surface area contributed by atoms with Crippen LogP contribution in [0.5, 0.6) is 23.0 Å². The highest BCUT2D eigenvalue weighted by molar-refractivity contribution is 5.94. The van der Waals surface area contributed by atoms with E-state index in [0.29, 0.717) is 11.1 Å². The Kier molecular flexibility index (Phi) is 5.69.